The van der Waals surface area contributed by atoms with E-state index in [2.05, 4.69) is 53.3 Å². The fourth-order valence-corrected chi connectivity index (χ4v) is 5.70. The molecule has 57 heavy (non-hydrogen) atoms. The molecule has 0 aliphatic carbocycles. The molecule has 0 aromatic carbocycles. The Morgan fingerprint density at radius 3 is 0.895 bits per heavy atom. The van der Waals surface area contributed by atoms with Crippen LogP contribution in [0.2, 0.25) is 0 Å². The van der Waals surface area contributed by atoms with Crippen molar-refractivity contribution in [3.05, 3.63) is 12.4 Å². The van der Waals surface area contributed by atoms with Gasteiger partial charge < -0.3 is 59.8 Å². The normalized spacial score (nSPS) is 13.5. The molecule has 0 unspecified atom stereocenters. The number of ether oxygens (including phenoxy) is 4. The average Bonchev–Trinajstić information content (AvgIpc) is 3.48. The quantitative estimate of drug-likeness (QED) is 0.0657. The predicted molar refractivity (Wildman–Crippen MR) is 225 cm³/mol. The Kier molecular flexibility index (Phi) is 23.1. The van der Waals surface area contributed by atoms with Gasteiger partial charge in [0, 0.05) is 51.7 Å². The molecule has 0 aromatic heterocycles. The largest absolute Gasteiger partial charge is 0.444 e. The summed E-state index contributed by atoms with van der Waals surface area (Å²) < 4.78 is 21.4. The summed E-state index contributed by atoms with van der Waals surface area (Å²) in [5.74, 6) is 0. The third-order valence-corrected chi connectivity index (χ3v) is 7.97. The molecule has 16 heteroatoms. The number of rotatable bonds is 24. The molecule has 0 aromatic rings. The average molecular weight is 813 g/mol. The molecule has 0 bridgehead atoms. The zero-order chi connectivity index (χ0) is 43.1. The number of hydrogen-bond donors (Lipinski definition) is 4. The lowest BCUT2D eigenvalue weighted by Crippen LogP contribution is -2.37. The first kappa shape index (κ1) is 51.4. The lowest BCUT2D eigenvalue weighted by molar-refractivity contribution is 0.0511. The Morgan fingerprint density at radius 1 is 0.439 bits per heavy atom. The summed E-state index contributed by atoms with van der Waals surface area (Å²) in [6.07, 6.45) is 7.76. The van der Waals surface area contributed by atoms with Crippen LogP contribution in [0.5, 0.6) is 0 Å². The van der Waals surface area contributed by atoms with Crippen LogP contribution in [0, 0.1) is 0 Å². The van der Waals surface area contributed by atoms with E-state index in [1.54, 1.807) is 0 Å². The molecule has 0 fully saturated rings. The van der Waals surface area contributed by atoms with Crippen molar-refractivity contribution < 1.29 is 38.1 Å². The molecule has 1 rings (SSSR count). The monoisotopic (exact) mass is 813 g/mol. The van der Waals surface area contributed by atoms with Gasteiger partial charge in [0.05, 0.1) is 6.67 Å². The number of alkyl carbamates (subject to hydrolysis) is 4. The molecule has 1 aliphatic heterocycles. The van der Waals surface area contributed by atoms with E-state index >= 15 is 0 Å². The first-order valence-corrected chi connectivity index (χ1v) is 20.9. The van der Waals surface area contributed by atoms with Gasteiger partial charge in [0.1, 0.15) is 22.4 Å². The zero-order valence-corrected chi connectivity index (χ0v) is 37.6. The van der Waals surface area contributed by atoms with Crippen molar-refractivity contribution in [1.29, 1.82) is 0 Å². The maximum Gasteiger partial charge on any atom is 0.407 e. The second-order valence-corrected chi connectivity index (χ2v) is 18.6. The molecular formula is C41H80N8O8. The Labute approximate surface area is 344 Å². The van der Waals surface area contributed by atoms with Gasteiger partial charge >= 0.3 is 24.4 Å². The Morgan fingerprint density at radius 2 is 0.667 bits per heavy atom. The zero-order valence-electron chi connectivity index (χ0n) is 37.6. The van der Waals surface area contributed by atoms with Crippen LogP contribution < -0.4 is 21.3 Å². The Hall–Kier alpha value is -3.66. The summed E-state index contributed by atoms with van der Waals surface area (Å²) >= 11 is 0. The predicted octanol–water partition coefficient (Wildman–Crippen LogP) is 6.08. The summed E-state index contributed by atoms with van der Waals surface area (Å²) in [5, 5.41) is 11.4. The lowest BCUT2D eigenvalue weighted by Gasteiger charge is -2.26. The molecule has 16 nitrogen and oxygen atoms in total. The van der Waals surface area contributed by atoms with Gasteiger partial charge in [-0.05, 0) is 161 Å². The minimum atomic E-state index is -0.538. The number of nitrogens with zero attached hydrogens (tertiary/aromatic N) is 4. The minimum absolute atomic E-state index is 0.408. The molecule has 4 amide bonds. The highest BCUT2D eigenvalue weighted by Crippen LogP contribution is 2.12. The van der Waals surface area contributed by atoms with Gasteiger partial charge in [0.25, 0.3) is 0 Å². The van der Waals surface area contributed by atoms with Crippen molar-refractivity contribution in [2.45, 2.75) is 144 Å². The maximum absolute atomic E-state index is 12.1. The topological polar surface area (TPSA) is 166 Å². The van der Waals surface area contributed by atoms with Gasteiger partial charge in [0.15, 0.2) is 0 Å². The first-order valence-electron chi connectivity index (χ1n) is 20.9. The lowest BCUT2D eigenvalue weighted by atomic mass is 10.2. The van der Waals surface area contributed by atoms with Crippen LogP contribution in [-0.4, -0.2) is 152 Å². The molecule has 0 saturated heterocycles. The summed E-state index contributed by atoms with van der Waals surface area (Å²) in [4.78, 5) is 57.8. The van der Waals surface area contributed by atoms with Crippen LogP contribution >= 0.6 is 0 Å². The molecular weight excluding hydrogens is 732 g/mol. The number of carbonyl (C=O) groups excluding carboxylic acids is 4. The highest BCUT2D eigenvalue weighted by Gasteiger charge is 2.20. The van der Waals surface area contributed by atoms with E-state index in [1.807, 2.05) is 83.1 Å². The number of nitrogens with one attached hydrogen (secondary N) is 4. The van der Waals surface area contributed by atoms with Crippen LogP contribution in [0.1, 0.15) is 122 Å². The first-order chi connectivity index (χ1) is 26.4. The smallest absolute Gasteiger partial charge is 0.407 e. The van der Waals surface area contributed by atoms with E-state index in [-0.39, 0.29) is 0 Å². The van der Waals surface area contributed by atoms with Crippen LogP contribution in [-0.2, 0) is 18.9 Å². The molecule has 1 heterocycles. The van der Waals surface area contributed by atoms with Gasteiger partial charge in [-0.2, -0.15) is 0 Å². The van der Waals surface area contributed by atoms with Crippen molar-refractivity contribution in [1.82, 2.24) is 40.9 Å². The maximum atomic E-state index is 12.1. The molecule has 1 aliphatic rings. The number of amides is 4. The standard InChI is InChI=1S/C41H80N8O8/c1-38(2,3)54-34(50)42-19-13-23-46(24-14-20-43-35(51)55-39(4,5)6)27-17-29-48-31-32-49(33-48)30-18-28-47(25-15-21-44-36(52)56-40(7,8)9)26-16-22-45-37(53)57-41(10,11)12/h31-32H,13-30,33H2,1-12H3,(H,42,50)(H,43,51)(H,44,52)(H,45,53). The number of carbonyl (C=O) groups is 4. The fraction of sp³-hybridized carbons (Fsp3) is 0.854. The van der Waals surface area contributed by atoms with Crippen molar-refractivity contribution in [2.24, 2.45) is 0 Å². The van der Waals surface area contributed by atoms with Crippen LogP contribution in [0.4, 0.5) is 19.2 Å². The Balaban J connectivity index is 2.56. The fourth-order valence-electron chi connectivity index (χ4n) is 5.70. The highest BCUT2D eigenvalue weighted by molar-refractivity contribution is 5.68. The van der Waals surface area contributed by atoms with Crippen molar-refractivity contribution >= 4 is 24.4 Å². The van der Waals surface area contributed by atoms with Gasteiger partial charge in [-0.1, -0.05) is 0 Å². The van der Waals surface area contributed by atoms with Gasteiger partial charge in [0.2, 0.25) is 0 Å². The third-order valence-electron chi connectivity index (χ3n) is 7.97. The van der Waals surface area contributed by atoms with Gasteiger partial charge in [-0.15, -0.1) is 0 Å². The molecule has 0 radical (unpaired) electrons. The van der Waals surface area contributed by atoms with E-state index < -0.39 is 46.8 Å². The Bertz CT molecular complexity index is 1050. The molecule has 332 valence electrons. The van der Waals surface area contributed by atoms with E-state index in [0.29, 0.717) is 26.2 Å². The van der Waals surface area contributed by atoms with Gasteiger partial charge in [-0.3, -0.25) is 0 Å². The molecule has 0 spiro atoms. The van der Waals surface area contributed by atoms with Gasteiger partial charge in [-0.25, -0.2) is 19.2 Å². The summed E-state index contributed by atoms with van der Waals surface area (Å²) in [6, 6.07) is 0. The number of hydrogen-bond acceptors (Lipinski definition) is 12. The molecule has 0 saturated carbocycles. The SMILES string of the molecule is CC(C)(C)OC(=O)NCCCN(CCCNC(=O)OC(C)(C)C)CCCN1C=CN(CCCN(CCCNC(=O)OC(C)(C)C)CCCNC(=O)OC(C)(C)C)C1. The highest BCUT2D eigenvalue weighted by atomic mass is 16.6. The second kappa shape index (κ2) is 25.6. The summed E-state index contributed by atoms with van der Waals surface area (Å²) in [7, 11) is 0. The summed E-state index contributed by atoms with van der Waals surface area (Å²) in [6.45, 7) is 32.0. The summed E-state index contributed by atoms with van der Waals surface area (Å²) in [5.41, 5.74) is -2.15. The van der Waals surface area contributed by atoms with Crippen molar-refractivity contribution in [3.8, 4) is 0 Å². The minimum Gasteiger partial charge on any atom is -0.444 e. The van der Waals surface area contributed by atoms with Crippen molar-refractivity contribution in [3.63, 3.8) is 0 Å². The van der Waals surface area contributed by atoms with Crippen LogP contribution in [0.3, 0.4) is 0 Å². The van der Waals surface area contributed by atoms with E-state index in [9.17, 15) is 19.2 Å². The molecule has 0 atom stereocenters. The van der Waals surface area contributed by atoms with E-state index in [1.165, 1.54) is 0 Å². The molecule has 4 N–H and O–H groups in total. The second-order valence-electron chi connectivity index (χ2n) is 18.6. The van der Waals surface area contributed by atoms with Crippen LogP contribution in [0.25, 0.3) is 0 Å². The van der Waals surface area contributed by atoms with Crippen molar-refractivity contribution in [2.75, 3.05) is 85.2 Å². The van der Waals surface area contributed by atoms with E-state index in [4.69, 9.17) is 18.9 Å². The third kappa shape index (κ3) is 31.1. The van der Waals surface area contributed by atoms with E-state index in [0.717, 1.165) is 97.6 Å². The van der Waals surface area contributed by atoms with Crippen LogP contribution in [0.15, 0.2) is 12.4 Å².